The summed E-state index contributed by atoms with van der Waals surface area (Å²) >= 11 is 0. The lowest BCUT2D eigenvalue weighted by Gasteiger charge is -2.18. The second-order valence-electron chi connectivity index (χ2n) is 23.8. The van der Waals surface area contributed by atoms with Gasteiger partial charge in [0, 0.05) is 19.3 Å². The lowest BCUT2D eigenvalue weighted by molar-refractivity contribution is -0.167. The molecule has 0 aromatic carbocycles. The van der Waals surface area contributed by atoms with Gasteiger partial charge in [-0.2, -0.15) is 0 Å². The van der Waals surface area contributed by atoms with E-state index >= 15 is 0 Å². The highest BCUT2D eigenvalue weighted by Crippen LogP contribution is 2.18. The second kappa shape index (κ2) is 69.3. The summed E-state index contributed by atoms with van der Waals surface area (Å²) in [5, 5.41) is 0. The van der Waals surface area contributed by atoms with Gasteiger partial charge in [-0.1, -0.05) is 351 Å². The van der Waals surface area contributed by atoms with Crippen molar-refractivity contribution >= 4 is 17.9 Å². The van der Waals surface area contributed by atoms with E-state index in [0.29, 0.717) is 19.3 Å². The van der Waals surface area contributed by atoms with Gasteiger partial charge in [0.05, 0.1) is 0 Å². The van der Waals surface area contributed by atoms with E-state index in [1.54, 1.807) is 0 Å². The third-order valence-corrected chi connectivity index (χ3v) is 15.7. The first kappa shape index (κ1) is 77.9. The van der Waals surface area contributed by atoms with Crippen LogP contribution in [0.1, 0.15) is 367 Å². The maximum Gasteiger partial charge on any atom is 0.306 e. The van der Waals surface area contributed by atoms with Crippen LogP contribution in [0.5, 0.6) is 0 Å². The van der Waals surface area contributed by atoms with Gasteiger partial charge in [0.2, 0.25) is 0 Å². The summed E-state index contributed by atoms with van der Waals surface area (Å²) in [4.78, 5) is 38.0. The minimum absolute atomic E-state index is 0.0735. The summed E-state index contributed by atoms with van der Waals surface area (Å²) in [5.74, 6) is -0.873. The fourth-order valence-electron chi connectivity index (χ4n) is 10.5. The summed E-state index contributed by atoms with van der Waals surface area (Å²) in [6, 6.07) is 0. The molecule has 0 amide bonds. The molecule has 6 nitrogen and oxygen atoms in total. The second-order valence-corrected chi connectivity index (χ2v) is 23.8. The third-order valence-electron chi connectivity index (χ3n) is 15.7. The van der Waals surface area contributed by atoms with Gasteiger partial charge in [0.25, 0.3) is 0 Å². The molecule has 0 spiro atoms. The highest BCUT2D eigenvalue weighted by molar-refractivity contribution is 5.71. The molecule has 1 atom stereocenters. The largest absolute Gasteiger partial charge is 0.462 e. The minimum atomic E-state index is -0.772. The maximum absolute atomic E-state index is 12.9. The molecule has 0 saturated heterocycles. The van der Waals surface area contributed by atoms with Crippen LogP contribution >= 0.6 is 0 Å². The molecule has 6 heteroatoms. The molecular formula is C75H134O6. The molecule has 0 N–H and O–H groups in total. The number of allylic oxidation sites excluding steroid dienone is 12. The summed E-state index contributed by atoms with van der Waals surface area (Å²) in [5.41, 5.74) is 0. The van der Waals surface area contributed by atoms with E-state index < -0.39 is 6.10 Å². The quantitative estimate of drug-likeness (QED) is 0.0261. The summed E-state index contributed by atoms with van der Waals surface area (Å²) in [7, 11) is 0. The monoisotopic (exact) mass is 1130 g/mol. The summed E-state index contributed by atoms with van der Waals surface area (Å²) in [6.45, 7) is 6.49. The fourth-order valence-corrected chi connectivity index (χ4v) is 10.5. The number of ether oxygens (including phenoxy) is 3. The zero-order chi connectivity index (χ0) is 58.5. The molecule has 0 aromatic heterocycles. The SMILES string of the molecule is CC/C=C\C/C=C\C/C=C\C/C=C\C/C=C\C/C=C\CCCCCCCCCCCCC(=O)OCC(COC(=O)CCCCCCC)OC(=O)CCCCCCCCCCCCCCCCCCCCCCCCCCCCCCC. The van der Waals surface area contributed by atoms with Crippen molar-refractivity contribution in [1.29, 1.82) is 0 Å². The normalized spacial score (nSPS) is 12.5. The molecule has 0 aliphatic rings. The first-order chi connectivity index (χ1) is 40.0. The fraction of sp³-hybridized carbons (Fsp3) is 0.800. The van der Waals surface area contributed by atoms with Gasteiger partial charge < -0.3 is 14.2 Å². The van der Waals surface area contributed by atoms with Crippen molar-refractivity contribution in [2.24, 2.45) is 0 Å². The van der Waals surface area contributed by atoms with Gasteiger partial charge in [0.1, 0.15) is 13.2 Å². The smallest absolute Gasteiger partial charge is 0.306 e. The molecule has 1 unspecified atom stereocenters. The number of hydrogen-bond donors (Lipinski definition) is 0. The molecule has 470 valence electrons. The van der Waals surface area contributed by atoms with Crippen LogP contribution in [0, 0.1) is 0 Å². The van der Waals surface area contributed by atoms with Crippen molar-refractivity contribution in [1.82, 2.24) is 0 Å². The van der Waals surface area contributed by atoms with Crippen molar-refractivity contribution in [3.05, 3.63) is 72.9 Å². The molecule has 0 aliphatic carbocycles. The van der Waals surface area contributed by atoms with E-state index in [0.717, 1.165) is 103 Å². The van der Waals surface area contributed by atoms with Crippen LogP contribution in [-0.4, -0.2) is 37.2 Å². The standard InChI is InChI=1S/C75H134O6/c1-4-7-10-13-15-17-19-21-23-25-27-29-31-33-35-37-39-41-43-45-47-49-51-53-55-57-59-62-65-68-74(77)80-71-72(70-79-73(76)67-64-61-12-9-6-3)81-75(78)69-66-63-60-58-56-54-52-50-48-46-44-42-40-38-36-34-32-30-28-26-24-22-20-18-16-14-11-8-5-2/h7,10,15,17,21,23,27,29,33,35,39,41,72H,4-6,8-9,11-14,16,18-20,22,24-26,28,30-32,34,36-38,40,42-71H2,1-3H3/b10-7-,17-15-,23-21-,29-27-,35-33-,41-39-. The zero-order valence-corrected chi connectivity index (χ0v) is 54.1. The number of hydrogen-bond acceptors (Lipinski definition) is 6. The lowest BCUT2D eigenvalue weighted by atomic mass is 10.0. The minimum Gasteiger partial charge on any atom is -0.462 e. The molecular weight excluding hydrogens is 997 g/mol. The number of carbonyl (C=O) groups excluding carboxylic acids is 3. The molecule has 0 rings (SSSR count). The van der Waals surface area contributed by atoms with Crippen molar-refractivity contribution in [2.75, 3.05) is 13.2 Å². The van der Waals surface area contributed by atoms with Gasteiger partial charge in [0.15, 0.2) is 6.10 Å². The van der Waals surface area contributed by atoms with Gasteiger partial charge in [-0.15, -0.1) is 0 Å². The predicted molar refractivity (Wildman–Crippen MR) is 353 cm³/mol. The Morgan fingerprint density at radius 2 is 0.481 bits per heavy atom. The van der Waals surface area contributed by atoms with Crippen LogP contribution < -0.4 is 0 Å². The van der Waals surface area contributed by atoms with Gasteiger partial charge in [-0.3, -0.25) is 14.4 Å². The molecule has 0 aliphatic heterocycles. The van der Waals surface area contributed by atoms with E-state index in [-0.39, 0.29) is 31.1 Å². The Kier molecular flexibility index (Phi) is 66.6. The molecule has 0 bridgehead atoms. The van der Waals surface area contributed by atoms with Crippen molar-refractivity contribution in [3.63, 3.8) is 0 Å². The number of rotatable bonds is 65. The number of carbonyl (C=O) groups is 3. The number of unbranched alkanes of at least 4 members (excludes halogenated alkanes) is 42. The molecule has 0 saturated carbocycles. The van der Waals surface area contributed by atoms with Crippen LogP contribution in [0.25, 0.3) is 0 Å². The van der Waals surface area contributed by atoms with Crippen LogP contribution in [0.15, 0.2) is 72.9 Å². The Hall–Kier alpha value is -3.15. The Labute approximate surface area is 503 Å². The first-order valence-corrected chi connectivity index (χ1v) is 35.4. The highest BCUT2D eigenvalue weighted by Gasteiger charge is 2.19. The Balaban J connectivity index is 3.97. The van der Waals surface area contributed by atoms with Gasteiger partial charge in [-0.05, 0) is 70.6 Å². The van der Waals surface area contributed by atoms with Crippen LogP contribution in [0.4, 0.5) is 0 Å². The predicted octanol–water partition coefficient (Wildman–Crippen LogP) is 24.4. The molecule has 0 fully saturated rings. The average Bonchev–Trinajstić information content (AvgIpc) is 3.47. The Bertz CT molecular complexity index is 1490. The van der Waals surface area contributed by atoms with Gasteiger partial charge in [-0.25, -0.2) is 0 Å². The van der Waals surface area contributed by atoms with E-state index in [2.05, 4.69) is 93.7 Å². The third kappa shape index (κ3) is 67.5. The van der Waals surface area contributed by atoms with Crippen molar-refractivity contribution in [2.45, 2.75) is 374 Å². The van der Waals surface area contributed by atoms with E-state index in [1.165, 1.54) is 225 Å². The van der Waals surface area contributed by atoms with Crippen molar-refractivity contribution in [3.8, 4) is 0 Å². The average molecular weight is 1130 g/mol. The van der Waals surface area contributed by atoms with E-state index in [9.17, 15) is 14.4 Å². The van der Waals surface area contributed by atoms with E-state index in [4.69, 9.17) is 14.2 Å². The lowest BCUT2D eigenvalue weighted by Crippen LogP contribution is -2.30. The highest BCUT2D eigenvalue weighted by atomic mass is 16.6. The Morgan fingerprint density at radius 1 is 0.259 bits per heavy atom. The molecule has 0 radical (unpaired) electrons. The number of esters is 3. The zero-order valence-electron chi connectivity index (χ0n) is 54.1. The topological polar surface area (TPSA) is 78.9 Å². The Morgan fingerprint density at radius 3 is 0.753 bits per heavy atom. The summed E-state index contributed by atoms with van der Waals surface area (Å²) in [6.07, 6.45) is 91.4. The molecule has 0 heterocycles. The molecule has 81 heavy (non-hydrogen) atoms. The van der Waals surface area contributed by atoms with E-state index in [1.807, 2.05) is 0 Å². The van der Waals surface area contributed by atoms with Crippen molar-refractivity contribution < 1.29 is 28.6 Å². The van der Waals surface area contributed by atoms with Crippen LogP contribution in [0.2, 0.25) is 0 Å². The van der Waals surface area contributed by atoms with Crippen LogP contribution in [-0.2, 0) is 28.6 Å². The van der Waals surface area contributed by atoms with Gasteiger partial charge >= 0.3 is 17.9 Å². The van der Waals surface area contributed by atoms with Crippen LogP contribution in [0.3, 0.4) is 0 Å². The maximum atomic E-state index is 12.9. The molecule has 0 aromatic rings. The summed E-state index contributed by atoms with van der Waals surface area (Å²) < 4.78 is 16.8. The first-order valence-electron chi connectivity index (χ1n) is 35.4.